The van der Waals surface area contributed by atoms with Crippen LogP contribution in [-0.4, -0.2) is 14.1 Å². The topological polar surface area (TPSA) is 3.24 Å². The molecule has 0 saturated heterocycles. The van der Waals surface area contributed by atoms with Gasteiger partial charge in [0.25, 0.3) is 0 Å². The minimum absolute atomic E-state index is 1.10. The fourth-order valence-corrected chi connectivity index (χ4v) is 1.50. The molecule has 66 valence electrons. The Hall–Kier alpha value is -0.630. The number of nitrogens with zero attached hydrogens (tertiary/aromatic N) is 1. The summed E-state index contributed by atoms with van der Waals surface area (Å²) in [7, 11) is 4.09. The summed E-state index contributed by atoms with van der Waals surface area (Å²) < 4.78 is 0. The molecular formula is C10H15NS. The van der Waals surface area contributed by atoms with Gasteiger partial charge in [0.2, 0.25) is 0 Å². The molecule has 0 atom stereocenters. The Balaban J connectivity index is 3.27. The minimum Gasteiger partial charge on any atom is -0.377 e. The smallest absolute Gasteiger partial charge is 0.0402 e. The molecule has 0 aliphatic rings. The summed E-state index contributed by atoms with van der Waals surface area (Å²) in [5, 5.41) is 0. The van der Waals surface area contributed by atoms with Crippen LogP contribution in [0.2, 0.25) is 0 Å². The molecule has 0 amide bonds. The highest BCUT2D eigenvalue weighted by molar-refractivity contribution is 7.80. The molecule has 0 bridgehead atoms. The van der Waals surface area contributed by atoms with Gasteiger partial charge in [-0.3, -0.25) is 0 Å². The first-order valence-electron chi connectivity index (χ1n) is 4.00. The van der Waals surface area contributed by atoms with Crippen LogP contribution in [0.4, 0.5) is 5.69 Å². The molecule has 0 aliphatic heterocycles. The minimum atomic E-state index is 1.10. The van der Waals surface area contributed by atoms with E-state index in [0.29, 0.717) is 0 Å². The van der Waals surface area contributed by atoms with E-state index in [2.05, 4.69) is 43.5 Å². The van der Waals surface area contributed by atoms with Crippen molar-refractivity contribution in [3.05, 3.63) is 23.3 Å². The number of rotatable bonds is 1. The van der Waals surface area contributed by atoms with Gasteiger partial charge < -0.3 is 4.90 Å². The Morgan fingerprint density at radius 2 is 1.75 bits per heavy atom. The molecule has 0 fully saturated rings. The van der Waals surface area contributed by atoms with Crippen LogP contribution in [0, 0.1) is 13.8 Å². The van der Waals surface area contributed by atoms with E-state index in [1.807, 2.05) is 14.1 Å². The van der Waals surface area contributed by atoms with E-state index in [1.165, 1.54) is 16.8 Å². The number of benzene rings is 1. The van der Waals surface area contributed by atoms with Crippen LogP contribution in [0.1, 0.15) is 11.1 Å². The Kier molecular flexibility index (Phi) is 2.68. The van der Waals surface area contributed by atoms with E-state index in [-0.39, 0.29) is 0 Å². The number of hydrogen-bond donors (Lipinski definition) is 1. The predicted molar refractivity (Wildman–Crippen MR) is 57.5 cm³/mol. The van der Waals surface area contributed by atoms with Crippen LogP contribution in [0.3, 0.4) is 0 Å². The summed E-state index contributed by atoms with van der Waals surface area (Å²) in [6.45, 7) is 4.18. The number of aryl methyl sites for hydroxylation is 1. The Labute approximate surface area is 79.8 Å². The lowest BCUT2D eigenvalue weighted by atomic mass is 10.1. The molecule has 0 N–H and O–H groups in total. The average molecular weight is 181 g/mol. The molecule has 0 heterocycles. The highest BCUT2D eigenvalue weighted by Gasteiger charge is 2.04. The Morgan fingerprint density at radius 3 is 2.25 bits per heavy atom. The Bertz CT molecular complexity index is 292. The molecule has 1 aromatic carbocycles. The highest BCUT2D eigenvalue weighted by atomic mass is 32.1. The molecular weight excluding hydrogens is 166 g/mol. The van der Waals surface area contributed by atoms with E-state index in [0.717, 1.165) is 4.90 Å². The van der Waals surface area contributed by atoms with Crippen molar-refractivity contribution < 1.29 is 0 Å². The third kappa shape index (κ3) is 1.58. The summed E-state index contributed by atoms with van der Waals surface area (Å²) in [5.74, 6) is 0. The van der Waals surface area contributed by atoms with Crippen molar-refractivity contribution in [2.45, 2.75) is 18.7 Å². The molecule has 1 nitrogen and oxygen atoms in total. The summed E-state index contributed by atoms with van der Waals surface area (Å²) in [6.07, 6.45) is 0. The molecule has 1 rings (SSSR count). The van der Waals surface area contributed by atoms with Crippen LogP contribution in [0.5, 0.6) is 0 Å². The van der Waals surface area contributed by atoms with Crippen molar-refractivity contribution in [2.24, 2.45) is 0 Å². The molecule has 0 radical (unpaired) electrons. The lowest BCUT2D eigenvalue weighted by Gasteiger charge is -2.17. The average Bonchev–Trinajstić information content (AvgIpc) is 2.00. The SMILES string of the molecule is Cc1ccc(N(C)C)c(C)c1S. The number of hydrogen-bond acceptors (Lipinski definition) is 2. The van der Waals surface area contributed by atoms with Crippen molar-refractivity contribution >= 4 is 18.3 Å². The zero-order chi connectivity index (χ0) is 9.30. The van der Waals surface area contributed by atoms with E-state index in [4.69, 9.17) is 0 Å². The van der Waals surface area contributed by atoms with Crippen LogP contribution >= 0.6 is 12.6 Å². The first kappa shape index (κ1) is 9.46. The maximum absolute atomic E-state index is 4.45. The zero-order valence-corrected chi connectivity index (χ0v) is 8.94. The van der Waals surface area contributed by atoms with Gasteiger partial charge in [0, 0.05) is 24.7 Å². The van der Waals surface area contributed by atoms with E-state index in [1.54, 1.807) is 0 Å². The summed E-state index contributed by atoms with van der Waals surface area (Å²) in [5.41, 5.74) is 3.73. The first-order valence-corrected chi connectivity index (χ1v) is 4.45. The van der Waals surface area contributed by atoms with Gasteiger partial charge in [-0.15, -0.1) is 12.6 Å². The van der Waals surface area contributed by atoms with Crippen molar-refractivity contribution in [2.75, 3.05) is 19.0 Å². The van der Waals surface area contributed by atoms with Crippen LogP contribution < -0.4 is 4.90 Å². The fourth-order valence-electron chi connectivity index (χ4n) is 1.31. The third-order valence-corrected chi connectivity index (χ3v) is 2.77. The third-order valence-electron chi connectivity index (χ3n) is 2.09. The first-order chi connectivity index (χ1) is 5.54. The molecule has 0 spiro atoms. The molecule has 0 aliphatic carbocycles. The standard InChI is InChI=1S/C10H15NS/c1-7-5-6-9(11(3)4)8(2)10(7)12/h5-6,12H,1-4H3. The van der Waals surface area contributed by atoms with Gasteiger partial charge in [-0.1, -0.05) is 6.07 Å². The second kappa shape index (κ2) is 3.40. The number of anilines is 1. The van der Waals surface area contributed by atoms with Gasteiger partial charge >= 0.3 is 0 Å². The van der Waals surface area contributed by atoms with E-state index < -0.39 is 0 Å². The van der Waals surface area contributed by atoms with Gasteiger partial charge in [-0.05, 0) is 31.0 Å². The molecule has 0 unspecified atom stereocenters. The van der Waals surface area contributed by atoms with Crippen LogP contribution in [0.15, 0.2) is 17.0 Å². The highest BCUT2D eigenvalue weighted by Crippen LogP contribution is 2.26. The zero-order valence-electron chi connectivity index (χ0n) is 8.05. The normalized spacial score (nSPS) is 10.1. The lowest BCUT2D eigenvalue weighted by Crippen LogP contribution is -2.10. The maximum atomic E-state index is 4.45. The molecule has 0 aromatic heterocycles. The monoisotopic (exact) mass is 181 g/mol. The van der Waals surface area contributed by atoms with Crippen LogP contribution in [-0.2, 0) is 0 Å². The van der Waals surface area contributed by atoms with Gasteiger partial charge in [0.05, 0.1) is 0 Å². The van der Waals surface area contributed by atoms with Crippen molar-refractivity contribution in [1.82, 2.24) is 0 Å². The fraction of sp³-hybridized carbons (Fsp3) is 0.400. The lowest BCUT2D eigenvalue weighted by molar-refractivity contribution is 1.08. The van der Waals surface area contributed by atoms with Crippen molar-refractivity contribution in [3.8, 4) is 0 Å². The quantitative estimate of drug-likeness (QED) is 0.652. The predicted octanol–water partition coefficient (Wildman–Crippen LogP) is 2.66. The molecule has 12 heavy (non-hydrogen) atoms. The van der Waals surface area contributed by atoms with Gasteiger partial charge in [-0.25, -0.2) is 0 Å². The number of thiol groups is 1. The van der Waals surface area contributed by atoms with Crippen LogP contribution in [0.25, 0.3) is 0 Å². The van der Waals surface area contributed by atoms with Crippen molar-refractivity contribution in [1.29, 1.82) is 0 Å². The molecule has 1 aromatic rings. The maximum Gasteiger partial charge on any atom is 0.0402 e. The molecule has 0 saturated carbocycles. The second-order valence-corrected chi connectivity index (χ2v) is 3.72. The second-order valence-electron chi connectivity index (χ2n) is 3.27. The summed E-state index contributed by atoms with van der Waals surface area (Å²) in [6, 6.07) is 4.23. The largest absolute Gasteiger partial charge is 0.377 e. The van der Waals surface area contributed by atoms with Gasteiger partial charge in [0.15, 0.2) is 0 Å². The van der Waals surface area contributed by atoms with Gasteiger partial charge in [0.1, 0.15) is 0 Å². The summed E-state index contributed by atoms with van der Waals surface area (Å²) >= 11 is 4.45. The van der Waals surface area contributed by atoms with E-state index >= 15 is 0 Å². The summed E-state index contributed by atoms with van der Waals surface area (Å²) in [4.78, 5) is 3.20. The molecule has 2 heteroatoms. The van der Waals surface area contributed by atoms with Crippen molar-refractivity contribution in [3.63, 3.8) is 0 Å². The Morgan fingerprint density at radius 1 is 1.17 bits per heavy atom. The van der Waals surface area contributed by atoms with E-state index in [9.17, 15) is 0 Å². The van der Waals surface area contributed by atoms with Gasteiger partial charge in [-0.2, -0.15) is 0 Å².